The maximum atomic E-state index is 11.2. The minimum atomic E-state index is -1.36. The number of ether oxygens (including phenoxy) is 2. The molecule has 1 aromatic rings. The first kappa shape index (κ1) is 16.7. The normalized spacial score (nSPS) is 17.6. The van der Waals surface area contributed by atoms with Crippen LogP contribution in [0.4, 0.5) is 0 Å². The molecule has 2 atom stereocenters. The summed E-state index contributed by atoms with van der Waals surface area (Å²) in [5, 5.41) is 9.66. The number of aliphatic hydroxyl groups is 1. The lowest BCUT2D eigenvalue weighted by molar-refractivity contribution is -0.153. The van der Waals surface area contributed by atoms with Gasteiger partial charge in [0.25, 0.3) is 0 Å². The number of rotatable bonds is 5. The van der Waals surface area contributed by atoms with E-state index >= 15 is 0 Å². The van der Waals surface area contributed by atoms with Gasteiger partial charge in [-0.25, -0.2) is 9.78 Å². The third kappa shape index (κ3) is 5.24. The monoisotopic (exact) mass is 315 g/mol. The van der Waals surface area contributed by atoms with Crippen LogP contribution < -0.4 is 0 Å². The molecule has 0 aliphatic carbocycles. The van der Waals surface area contributed by atoms with Crippen molar-refractivity contribution in [3.63, 3.8) is 0 Å². The van der Waals surface area contributed by atoms with Gasteiger partial charge in [-0.15, -0.1) is 0 Å². The first-order chi connectivity index (χ1) is 11.1. The van der Waals surface area contributed by atoms with E-state index in [1.807, 2.05) is 18.2 Å². The van der Waals surface area contributed by atoms with Gasteiger partial charge >= 0.3 is 11.9 Å². The van der Waals surface area contributed by atoms with E-state index in [2.05, 4.69) is 21.6 Å². The fraction of sp³-hybridized carbons (Fsp3) is 0.353. The largest absolute Gasteiger partial charge is 0.458 e. The Morgan fingerprint density at radius 3 is 2.96 bits per heavy atom. The van der Waals surface area contributed by atoms with Gasteiger partial charge in [0.2, 0.25) is 6.29 Å². The first-order valence-electron chi connectivity index (χ1n) is 7.23. The maximum Gasteiger partial charge on any atom is 0.333 e. The molecule has 1 aromatic heterocycles. The Labute approximate surface area is 134 Å². The summed E-state index contributed by atoms with van der Waals surface area (Å²) in [6, 6.07) is 5.49. The molecule has 2 unspecified atom stereocenters. The Morgan fingerprint density at radius 1 is 1.52 bits per heavy atom. The van der Waals surface area contributed by atoms with Crippen LogP contribution >= 0.6 is 0 Å². The van der Waals surface area contributed by atoms with Gasteiger partial charge in [0.05, 0.1) is 0 Å². The lowest BCUT2D eigenvalue weighted by Crippen LogP contribution is -2.25. The summed E-state index contributed by atoms with van der Waals surface area (Å²) in [6.07, 6.45) is 2.44. The Balaban J connectivity index is 1.89. The van der Waals surface area contributed by atoms with Crippen LogP contribution in [0.1, 0.15) is 31.9 Å². The molecule has 6 heteroatoms. The predicted octanol–water partition coefficient (Wildman–Crippen LogP) is 1.34. The van der Waals surface area contributed by atoms with Crippen LogP contribution in [0.3, 0.4) is 0 Å². The van der Waals surface area contributed by atoms with E-state index in [-0.39, 0.29) is 5.57 Å². The lowest BCUT2D eigenvalue weighted by Gasteiger charge is -2.19. The van der Waals surface area contributed by atoms with Crippen LogP contribution in [-0.2, 0) is 19.1 Å². The average molecular weight is 315 g/mol. The number of carbonyl (C=O) groups is 2. The average Bonchev–Trinajstić information content (AvgIpc) is 2.85. The summed E-state index contributed by atoms with van der Waals surface area (Å²) in [5.74, 6) is 4.80. The van der Waals surface area contributed by atoms with E-state index in [1.165, 1.54) is 6.92 Å². The molecule has 0 aromatic carbocycles. The second-order valence-corrected chi connectivity index (χ2v) is 4.94. The molecule has 1 aliphatic heterocycles. The topological polar surface area (TPSA) is 85.7 Å². The molecule has 0 fully saturated rings. The molecule has 120 valence electrons. The van der Waals surface area contributed by atoms with Gasteiger partial charge in [-0.2, -0.15) is 0 Å². The molecule has 0 amide bonds. The highest BCUT2D eigenvalue weighted by molar-refractivity contribution is 5.86. The van der Waals surface area contributed by atoms with E-state index in [1.54, 1.807) is 6.20 Å². The number of hydrogen-bond donors (Lipinski definition) is 1. The molecule has 0 saturated heterocycles. The highest BCUT2D eigenvalue weighted by Gasteiger charge is 2.31. The van der Waals surface area contributed by atoms with Gasteiger partial charge in [-0.1, -0.05) is 12.0 Å². The van der Waals surface area contributed by atoms with Crippen LogP contribution in [0.2, 0.25) is 0 Å². The van der Waals surface area contributed by atoms with Gasteiger partial charge in [0, 0.05) is 31.2 Å². The Hall–Kier alpha value is -2.65. The van der Waals surface area contributed by atoms with Crippen molar-refractivity contribution >= 4 is 11.9 Å². The smallest absolute Gasteiger partial charge is 0.333 e. The number of nitrogens with zero attached hydrogens (tertiary/aromatic N) is 1. The molecule has 0 radical (unpaired) electrons. The molecular weight excluding hydrogens is 298 g/mol. The standard InChI is InChI=1S/C17H17NO5/c1-12(19)22-15(14-11-16(20)23-17(14)21)9-4-2-3-7-13-8-5-6-10-18-13/h5-6,8,10-11,15,17,21H,2,4,9H2,1H3. The first-order valence-corrected chi connectivity index (χ1v) is 7.23. The minimum Gasteiger partial charge on any atom is -0.458 e. The second-order valence-electron chi connectivity index (χ2n) is 4.94. The van der Waals surface area contributed by atoms with Gasteiger partial charge in [-0.3, -0.25) is 4.79 Å². The number of unbranched alkanes of at least 4 members (excludes halogenated alkanes) is 1. The third-order valence-corrected chi connectivity index (χ3v) is 3.13. The zero-order valence-electron chi connectivity index (χ0n) is 12.7. The van der Waals surface area contributed by atoms with E-state index in [0.29, 0.717) is 25.0 Å². The third-order valence-electron chi connectivity index (χ3n) is 3.13. The molecule has 1 N–H and O–H groups in total. The van der Waals surface area contributed by atoms with Gasteiger partial charge in [0.1, 0.15) is 11.8 Å². The van der Waals surface area contributed by atoms with Crippen LogP contribution in [-0.4, -0.2) is 34.4 Å². The molecule has 0 saturated carbocycles. The van der Waals surface area contributed by atoms with E-state index in [4.69, 9.17) is 4.74 Å². The summed E-state index contributed by atoms with van der Waals surface area (Å²) in [6.45, 7) is 1.28. The van der Waals surface area contributed by atoms with Crippen molar-refractivity contribution < 1.29 is 24.2 Å². The van der Waals surface area contributed by atoms with Crippen molar-refractivity contribution in [2.75, 3.05) is 0 Å². The molecular formula is C17H17NO5. The number of aromatic nitrogens is 1. The number of pyridine rings is 1. The Bertz CT molecular complexity index is 657. The van der Waals surface area contributed by atoms with Gasteiger partial charge in [0.15, 0.2) is 0 Å². The summed E-state index contributed by atoms with van der Waals surface area (Å²) < 4.78 is 9.78. The minimum absolute atomic E-state index is 0.267. The number of hydrogen-bond acceptors (Lipinski definition) is 6. The molecule has 0 spiro atoms. The van der Waals surface area contributed by atoms with E-state index in [9.17, 15) is 14.7 Å². The molecule has 2 rings (SSSR count). The maximum absolute atomic E-state index is 11.2. The van der Waals surface area contributed by atoms with Gasteiger partial charge in [-0.05, 0) is 30.9 Å². The van der Waals surface area contributed by atoms with E-state index in [0.717, 1.165) is 6.08 Å². The lowest BCUT2D eigenvalue weighted by atomic mass is 10.0. The fourth-order valence-electron chi connectivity index (χ4n) is 2.13. The van der Waals surface area contributed by atoms with E-state index < -0.39 is 24.3 Å². The highest BCUT2D eigenvalue weighted by Crippen LogP contribution is 2.23. The van der Waals surface area contributed by atoms with Crippen molar-refractivity contribution in [1.82, 2.24) is 4.98 Å². The molecule has 23 heavy (non-hydrogen) atoms. The van der Waals surface area contributed by atoms with Crippen molar-refractivity contribution in [2.24, 2.45) is 0 Å². The summed E-state index contributed by atoms with van der Waals surface area (Å²) in [4.78, 5) is 26.4. The number of cyclic esters (lactones) is 1. The van der Waals surface area contributed by atoms with Crippen LogP contribution in [0.15, 0.2) is 36.0 Å². The Kier molecular flexibility index (Phi) is 5.89. The summed E-state index contributed by atoms with van der Waals surface area (Å²) >= 11 is 0. The zero-order valence-corrected chi connectivity index (χ0v) is 12.7. The zero-order chi connectivity index (χ0) is 16.7. The summed E-state index contributed by atoms with van der Waals surface area (Å²) in [7, 11) is 0. The fourth-order valence-corrected chi connectivity index (χ4v) is 2.13. The molecule has 6 nitrogen and oxygen atoms in total. The molecule has 1 aliphatic rings. The Morgan fingerprint density at radius 2 is 2.35 bits per heavy atom. The van der Waals surface area contributed by atoms with Gasteiger partial charge < -0.3 is 14.6 Å². The van der Waals surface area contributed by atoms with Crippen molar-refractivity contribution in [3.8, 4) is 11.8 Å². The number of esters is 2. The quantitative estimate of drug-likeness (QED) is 0.501. The number of aliphatic hydroxyl groups excluding tert-OH is 1. The van der Waals surface area contributed by atoms with Crippen LogP contribution in [0, 0.1) is 11.8 Å². The molecule has 2 heterocycles. The van der Waals surface area contributed by atoms with Crippen LogP contribution in [0.5, 0.6) is 0 Å². The highest BCUT2D eigenvalue weighted by atomic mass is 16.6. The predicted molar refractivity (Wildman–Crippen MR) is 80.7 cm³/mol. The van der Waals surface area contributed by atoms with Crippen molar-refractivity contribution in [3.05, 3.63) is 41.7 Å². The number of carbonyl (C=O) groups excluding carboxylic acids is 2. The van der Waals surface area contributed by atoms with Crippen LogP contribution in [0.25, 0.3) is 0 Å². The SMILES string of the molecule is CC(=O)OC(CCCC#Cc1ccccn1)C1=CC(=O)OC1O. The van der Waals surface area contributed by atoms with Crippen molar-refractivity contribution in [1.29, 1.82) is 0 Å². The van der Waals surface area contributed by atoms with Crippen molar-refractivity contribution in [2.45, 2.75) is 38.6 Å². The second kappa shape index (κ2) is 8.11. The summed E-state index contributed by atoms with van der Waals surface area (Å²) in [5.41, 5.74) is 0.958. The molecule has 0 bridgehead atoms.